The summed E-state index contributed by atoms with van der Waals surface area (Å²) in [5, 5.41) is 16.0. The zero-order chi connectivity index (χ0) is 23.5. The summed E-state index contributed by atoms with van der Waals surface area (Å²) in [6.07, 6.45) is 0.00117. The van der Waals surface area contributed by atoms with Gasteiger partial charge in [-0.15, -0.1) is 0 Å². The molecule has 1 aliphatic rings. The summed E-state index contributed by atoms with van der Waals surface area (Å²) in [6.45, 7) is 2.40. The first-order chi connectivity index (χ1) is 15.9. The van der Waals surface area contributed by atoms with Crippen LogP contribution in [-0.4, -0.2) is 39.3 Å². The van der Waals surface area contributed by atoms with E-state index >= 15 is 0 Å². The summed E-state index contributed by atoms with van der Waals surface area (Å²) in [4.78, 5) is 28.5. The van der Waals surface area contributed by atoms with Gasteiger partial charge in [0, 0.05) is 28.3 Å². The van der Waals surface area contributed by atoms with Crippen LogP contribution in [0.15, 0.2) is 58.1 Å². The standard InChI is InChI=1S/C24H21BrClN3O4/c1-2-33-20-5-3-4-15-12-17(24(26)27-23(15)20)19-13-18(14-6-8-16(25)9-7-14)28-29(19)21(30)10-11-22(31)32/h3-9,12,19H,2,10-11,13H2,1H3,(H,31,32). The second kappa shape index (κ2) is 9.89. The first-order valence-electron chi connectivity index (χ1n) is 10.5. The lowest BCUT2D eigenvalue weighted by atomic mass is 9.98. The summed E-state index contributed by atoms with van der Waals surface area (Å²) in [6, 6.07) is 14.7. The monoisotopic (exact) mass is 529 g/mol. The minimum atomic E-state index is -1.04. The van der Waals surface area contributed by atoms with E-state index in [9.17, 15) is 9.59 Å². The molecule has 0 bridgehead atoms. The summed E-state index contributed by atoms with van der Waals surface area (Å²) >= 11 is 10.0. The number of hydrazone groups is 1. The largest absolute Gasteiger partial charge is 0.492 e. The minimum Gasteiger partial charge on any atom is -0.492 e. The van der Waals surface area contributed by atoms with Crippen LogP contribution in [0.1, 0.15) is 43.4 Å². The van der Waals surface area contributed by atoms with Crippen molar-refractivity contribution in [2.45, 2.75) is 32.2 Å². The van der Waals surface area contributed by atoms with Gasteiger partial charge in [0.25, 0.3) is 0 Å². The number of nitrogens with zero attached hydrogens (tertiary/aromatic N) is 3. The third kappa shape index (κ3) is 5.02. The Kier molecular flexibility index (Phi) is 6.95. The van der Waals surface area contributed by atoms with Gasteiger partial charge in [0.1, 0.15) is 16.4 Å². The topological polar surface area (TPSA) is 92.1 Å². The van der Waals surface area contributed by atoms with Crippen molar-refractivity contribution in [3.8, 4) is 5.75 Å². The lowest BCUT2D eigenvalue weighted by Gasteiger charge is -2.23. The minimum absolute atomic E-state index is 0.157. The second-order valence-electron chi connectivity index (χ2n) is 7.53. The first-order valence-corrected chi connectivity index (χ1v) is 11.6. The molecule has 170 valence electrons. The van der Waals surface area contributed by atoms with Gasteiger partial charge in [0.15, 0.2) is 0 Å². The van der Waals surface area contributed by atoms with Crippen molar-refractivity contribution in [3.05, 3.63) is 69.3 Å². The number of para-hydroxylation sites is 1. The number of rotatable bonds is 7. The molecule has 0 saturated heterocycles. The van der Waals surface area contributed by atoms with Crippen molar-refractivity contribution in [2.24, 2.45) is 5.10 Å². The van der Waals surface area contributed by atoms with Crippen LogP contribution in [0.4, 0.5) is 0 Å². The lowest BCUT2D eigenvalue weighted by molar-refractivity contribution is -0.141. The van der Waals surface area contributed by atoms with Crippen molar-refractivity contribution in [2.75, 3.05) is 6.61 Å². The quantitative estimate of drug-likeness (QED) is 0.402. The fraction of sp³-hybridized carbons (Fsp3) is 0.250. The van der Waals surface area contributed by atoms with Crippen LogP contribution in [0.5, 0.6) is 5.75 Å². The summed E-state index contributed by atoms with van der Waals surface area (Å²) in [5.74, 6) is -0.783. The van der Waals surface area contributed by atoms with Gasteiger partial charge in [-0.1, -0.05) is 51.8 Å². The van der Waals surface area contributed by atoms with E-state index in [4.69, 9.17) is 21.4 Å². The molecule has 1 aliphatic heterocycles. The number of pyridine rings is 1. The molecule has 1 N–H and O–H groups in total. The van der Waals surface area contributed by atoms with Crippen molar-refractivity contribution >= 4 is 56.0 Å². The molecule has 0 aliphatic carbocycles. The zero-order valence-electron chi connectivity index (χ0n) is 17.8. The predicted molar refractivity (Wildman–Crippen MR) is 130 cm³/mol. The molecular weight excluding hydrogens is 510 g/mol. The molecule has 1 aromatic heterocycles. The number of amides is 1. The Balaban J connectivity index is 1.74. The van der Waals surface area contributed by atoms with E-state index in [0.29, 0.717) is 29.9 Å². The van der Waals surface area contributed by atoms with E-state index in [0.717, 1.165) is 21.1 Å². The van der Waals surface area contributed by atoms with Crippen LogP contribution in [0.3, 0.4) is 0 Å². The number of benzene rings is 2. The second-order valence-corrected chi connectivity index (χ2v) is 8.81. The molecule has 0 fully saturated rings. The molecule has 4 rings (SSSR count). The molecule has 1 amide bonds. The zero-order valence-corrected chi connectivity index (χ0v) is 20.1. The van der Waals surface area contributed by atoms with Crippen LogP contribution in [0.25, 0.3) is 10.9 Å². The molecule has 0 spiro atoms. The number of carbonyl (C=O) groups excluding carboxylic acids is 1. The molecule has 33 heavy (non-hydrogen) atoms. The van der Waals surface area contributed by atoms with Crippen molar-refractivity contribution in [1.82, 2.24) is 9.99 Å². The highest BCUT2D eigenvalue weighted by atomic mass is 79.9. The Morgan fingerprint density at radius 1 is 1.21 bits per heavy atom. The maximum atomic E-state index is 12.9. The number of aromatic nitrogens is 1. The molecule has 2 aromatic carbocycles. The van der Waals surface area contributed by atoms with Gasteiger partial charge in [0.05, 0.1) is 24.8 Å². The smallest absolute Gasteiger partial charge is 0.303 e. The Bertz CT molecular complexity index is 1250. The average molecular weight is 531 g/mol. The summed E-state index contributed by atoms with van der Waals surface area (Å²) < 4.78 is 6.60. The Morgan fingerprint density at radius 3 is 2.67 bits per heavy atom. The van der Waals surface area contributed by atoms with Crippen LogP contribution < -0.4 is 4.74 Å². The first kappa shape index (κ1) is 23.2. The van der Waals surface area contributed by atoms with Crippen molar-refractivity contribution < 1.29 is 19.4 Å². The third-order valence-electron chi connectivity index (χ3n) is 5.34. The lowest BCUT2D eigenvalue weighted by Crippen LogP contribution is -2.27. The van der Waals surface area contributed by atoms with Gasteiger partial charge in [-0.3, -0.25) is 9.59 Å². The van der Waals surface area contributed by atoms with Gasteiger partial charge in [-0.25, -0.2) is 9.99 Å². The third-order valence-corrected chi connectivity index (χ3v) is 6.18. The number of hydrogen-bond donors (Lipinski definition) is 1. The number of hydrogen-bond acceptors (Lipinski definition) is 5. The van der Waals surface area contributed by atoms with Gasteiger partial charge in [-0.05, 0) is 36.8 Å². The van der Waals surface area contributed by atoms with E-state index in [1.165, 1.54) is 5.01 Å². The molecule has 9 heteroatoms. The summed E-state index contributed by atoms with van der Waals surface area (Å²) in [7, 11) is 0. The van der Waals surface area contributed by atoms with Crippen LogP contribution in [0, 0.1) is 0 Å². The van der Waals surface area contributed by atoms with Crippen molar-refractivity contribution in [1.29, 1.82) is 0 Å². The number of carboxylic acids is 1. The highest BCUT2D eigenvalue weighted by Gasteiger charge is 2.35. The predicted octanol–water partition coefficient (Wildman–Crippen LogP) is 5.59. The number of aliphatic carboxylic acids is 1. The van der Waals surface area contributed by atoms with Gasteiger partial charge in [-0.2, -0.15) is 5.10 Å². The fourth-order valence-electron chi connectivity index (χ4n) is 3.80. The van der Waals surface area contributed by atoms with Crippen LogP contribution in [0.2, 0.25) is 5.15 Å². The molecule has 0 radical (unpaired) electrons. The van der Waals surface area contributed by atoms with E-state index in [1.54, 1.807) is 0 Å². The van der Waals surface area contributed by atoms with Crippen LogP contribution >= 0.6 is 27.5 Å². The van der Waals surface area contributed by atoms with Crippen molar-refractivity contribution in [3.63, 3.8) is 0 Å². The highest BCUT2D eigenvalue weighted by molar-refractivity contribution is 9.10. The normalized spacial score (nSPS) is 15.5. The molecule has 2 heterocycles. The molecular formula is C24H21BrClN3O4. The molecule has 1 atom stereocenters. The number of halogens is 2. The fourth-order valence-corrected chi connectivity index (χ4v) is 4.33. The maximum Gasteiger partial charge on any atom is 0.303 e. The number of ether oxygens (including phenoxy) is 1. The van der Waals surface area contributed by atoms with Gasteiger partial charge >= 0.3 is 5.97 Å². The van der Waals surface area contributed by atoms with E-state index < -0.39 is 12.0 Å². The number of carbonyl (C=O) groups is 2. The Hall–Kier alpha value is -2.97. The molecule has 0 saturated carbocycles. The van der Waals surface area contributed by atoms with Crippen LogP contribution in [-0.2, 0) is 9.59 Å². The summed E-state index contributed by atoms with van der Waals surface area (Å²) in [5.41, 5.74) is 2.89. The van der Waals surface area contributed by atoms with Gasteiger partial charge in [0.2, 0.25) is 5.91 Å². The molecule has 1 unspecified atom stereocenters. The maximum absolute atomic E-state index is 12.9. The Morgan fingerprint density at radius 2 is 1.97 bits per heavy atom. The SMILES string of the molecule is CCOc1cccc2cc(C3CC(c4ccc(Br)cc4)=NN3C(=O)CCC(=O)O)c(Cl)nc12. The highest BCUT2D eigenvalue weighted by Crippen LogP contribution is 2.39. The van der Waals surface area contributed by atoms with E-state index in [-0.39, 0.29) is 23.9 Å². The van der Waals surface area contributed by atoms with E-state index in [2.05, 4.69) is 26.0 Å². The number of fused-ring (bicyclic) bond motifs is 1. The van der Waals surface area contributed by atoms with Gasteiger partial charge < -0.3 is 9.84 Å². The molecule has 7 nitrogen and oxygen atoms in total. The molecule has 3 aromatic rings. The average Bonchev–Trinajstić information content (AvgIpc) is 3.23. The Labute approximate surface area is 204 Å². The number of carboxylic acid groups (broad SMARTS) is 1. The van der Waals surface area contributed by atoms with E-state index in [1.807, 2.05) is 55.5 Å².